The molecule has 0 saturated heterocycles. The van der Waals surface area contributed by atoms with E-state index in [1.54, 1.807) is 18.2 Å². The lowest BCUT2D eigenvalue weighted by Gasteiger charge is -2.20. The van der Waals surface area contributed by atoms with Crippen LogP contribution in [0.3, 0.4) is 0 Å². The molecule has 1 aromatic heterocycles. The highest BCUT2D eigenvalue weighted by Crippen LogP contribution is 2.27. The number of fused-ring (bicyclic) bond motifs is 1. The predicted octanol–water partition coefficient (Wildman–Crippen LogP) is 6.21. The molecule has 0 aliphatic rings. The summed E-state index contributed by atoms with van der Waals surface area (Å²) in [5.74, 6) is 0.809. The number of amidine groups is 1. The van der Waals surface area contributed by atoms with E-state index in [-0.39, 0.29) is 24.7 Å². The number of anilines is 1. The van der Waals surface area contributed by atoms with Crippen LogP contribution in [0.2, 0.25) is 0 Å². The number of nitrogens with one attached hydrogen (secondary N) is 2. The Hall–Kier alpha value is -5.84. The number of nitrogens with zero attached hydrogens (tertiary/aromatic N) is 3. The number of aryl methyl sites for hydroxylation is 1. The fraction of sp³-hybridized carbons (Fsp3) is 0.222. The average Bonchev–Trinajstić information content (AvgIpc) is 3.40. The number of hydrogen-bond donors (Lipinski definition) is 4. The number of imidazole rings is 1. The zero-order chi connectivity index (χ0) is 33.6. The average molecular weight is 635 g/mol. The van der Waals surface area contributed by atoms with Gasteiger partial charge in [-0.3, -0.25) is 9.36 Å². The van der Waals surface area contributed by atoms with E-state index < -0.39 is 11.7 Å². The van der Waals surface area contributed by atoms with Crippen molar-refractivity contribution >= 4 is 34.6 Å². The number of oxime groups is 1. The summed E-state index contributed by atoms with van der Waals surface area (Å²) in [5, 5.41) is 18.1. The van der Waals surface area contributed by atoms with Crippen LogP contribution < -0.4 is 21.1 Å². The van der Waals surface area contributed by atoms with Crippen molar-refractivity contribution in [3.63, 3.8) is 0 Å². The van der Waals surface area contributed by atoms with Gasteiger partial charge in [-0.25, -0.2) is 9.78 Å². The van der Waals surface area contributed by atoms with Crippen LogP contribution in [0.15, 0.2) is 96.2 Å². The van der Waals surface area contributed by atoms with Gasteiger partial charge in [0.1, 0.15) is 23.8 Å². The number of aromatic nitrogens is 2. The lowest BCUT2D eigenvalue weighted by Crippen LogP contribution is -2.32. The number of hydrogen-bond acceptors (Lipinski definition) is 7. The first-order valence-corrected chi connectivity index (χ1v) is 15.1. The molecule has 2 amide bonds. The van der Waals surface area contributed by atoms with Gasteiger partial charge in [0.15, 0.2) is 5.84 Å². The van der Waals surface area contributed by atoms with Gasteiger partial charge < -0.3 is 31.0 Å². The molecule has 242 valence electrons. The Kier molecular flexibility index (Phi) is 9.74. The Morgan fingerprint density at radius 2 is 1.72 bits per heavy atom. The smallest absolute Gasteiger partial charge is 0.408 e. The molecule has 11 heteroatoms. The lowest BCUT2D eigenvalue weighted by atomic mass is 10.1. The number of nitrogens with two attached hydrogens (primary N) is 1. The number of para-hydroxylation sites is 2. The maximum Gasteiger partial charge on any atom is 0.408 e. The third kappa shape index (κ3) is 8.26. The summed E-state index contributed by atoms with van der Waals surface area (Å²) < 4.78 is 13.5. The zero-order valence-corrected chi connectivity index (χ0v) is 26.8. The Labute approximate surface area is 273 Å². The summed E-state index contributed by atoms with van der Waals surface area (Å²) in [6.07, 6.45) is -0.541. The minimum Gasteiger partial charge on any atom is -0.489 e. The van der Waals surface area contributed by atoms with E-state index >= 15 is 0 Å². The second kappa shape index (κ2) is 14.1. The number of rotatable bonds is 10. The number of ether oxygens (including phenoxy) is 2. The first-order valence-electron chi connectivity index (χ1n) is 15.1. The van der Waals surface area contributed by atoms with E-state index in [1.807, 2.05) is 105 Å². The molecule has 5 aromatic rings. The number of carbonyl (C=O) groups excluding carboxylic acids is 2. The number of benzene rings is 4. The van der Waals surface area contributed by atoms with E-state index in [2.05, 4.69) is 15.8 Å². The molecular formula is C36H38N6O5. The third-order valence-corrected chi connectivity index (χ3v) is 7.19. The Morgan fingerprint density at radius 3 is 2.45 bits per heavy atom. The van der Waals surface area contributed by atoms with Gasteiger partial charge in [-0.05, 0) is 87.4 Å². The highest BCUT2D eigenvalue weighted by atomic mass is 16.6. The maximum absolute atomic E-state index is 13.3. The lowest BCUT2D eigenvalue weighted by molar-refractivity contribution is -0.115. The quantitative estimate of drug-likeness (QED) is 0.0616. The van der Waals surface area contributed by atoms with Crippen molar-refractivity contribution in [2.45, 2.75) is 52.9 Å². The van der Waals surface area contributed by atoms with E-state index in [9.17, 15) is 14.8 Å². The van der Waals surface area contributed by atoms with E-state index in [0.29, 0.717) is 35.0 Å². The predicted molar refractivity (Wildman–Crippen MR) is 181 cm³/mol. The molecule has 1 heterocycles. The Bertz CT molecular complexity index is 1930. The van der Waals surface area contributed by atoms with Crippen LogP contribution in [0, 0.1) is 6.92 Å². The molecule has 47 heavy (non-hydrogen) atoms. The number of carbonyl (C=O) groups is 2. The van der Waals surface area contributed by atoms with Gasteiger partial charge in [0.2, 0.25) is 5.91 Å². The van der Waals surface area contributed by atoms with Gasteiger partial charge >= 0.3 is 6.09 Å². The van der Waals surface area contributed by atoms with Crippen molar-refractivity contribution in [3.05, 3.63) is 119 Å². The molecule has 4 aromatic carbocycles. The summed E-state index contributed by atoms with van der Waals surface area (Å²) >= 11 is 0. The fourth-order valence-corrected chi connectivity index (χ4v) is 5.10. The molecule has 0 atom stereocenters. The molecule has 0 radical (unpaired) electrons. The minimum atomic E-state index is -0.623. The Morgan fingerprint density at radius 1 is 0.979 bits per heavy atom. The first-order chi connectivity index (χ1) is 22.5. The molecule has 5 rings (SSSR count). The van der Waals surface area contributed by atoms with E-state index in [4.69, 9.17) is 20.2 Å². The van der Waals surface area contributed by atoms with Crippen molar-refractivity contribution in [3.8, 4) is 11.4 Å². The number of amides is 2. The van der Waals surface area contributed by atoms with Crippen LogP contribution in [-0.2, 0) is 29.1 Å². The van der Waals surface area contributed by atoms with Crippen molar-refractivity contribution in [2.24, 2.45) is 10.9 Å². The molecule has 0 aliphatic heterocycles. The van der Waals surface area contributed by atoms with Gasteiger partial charge in [0.05, 0.1) is 29.7 Å². The third-order valence-electron chi connectivity index (χ3n) is 7.19. The summed E-state index contributed by atoms with van der Waals surface area (Å²) in [6.45, 7) is 7.84. The molecular weight excluding hydrogens is 596 g/mol. The topological polar surface area (TPSA) is 153 Å². The molecule has 11 nitrogen and oxygen atoms in total. The SMILES string of the molecule is Cc1cc(NC(=O)Cc2cc(C(N)=NO)ccc2OCc2ccccc2)ccc1-n1c(CNC(=O)OC(C)(C)C)nc2ccccc21. The van der Waals surface area contributed by atoms with Crippen molar-refractivity contribution < 1.29 is 24.3 Å². The highest BCUT2D eigenvalue weighted by Gasteiger charge is 2.19. The minimum absolute atomic E-state index is 0.00981. The Balaban J connectivity index is 1.35. The molecule has 0 aliphatic carbocycles. The van der Waals surface area contributed by atoms with Crippen LogP contribution in [0.1, 0.15) is 48.8 Å². The monoisotopic (exact) mass is 634 g/mol. The van der Waals surface area contributed by atoms with Gasteiger partial charge in [0.25, 0.3) is 0 Å². The standard InChI is InChI=1S/C36H38N6O5/c1-23-18-27(15-16-29(23)42-30-13-9-8-12-28(30)40-32(42)21-38-35(44)47-36(2,3)4)39-33(43)20-26-19-25(34(37)41-45)14-17-31(26)46-22-24-10-6-5-7-11-24/h5-19,45H,20-22H2,1-4H3,(H2,37,41)(H,38,44)(H,39,43). The second-order valence-electron chi connectivity index (χ2n) is 12.0. The van der Waals surface area contributed by atoms with Gasteiger partial charge in [-0.15, -0.1) is 0 Å². The zero-order valence-electron chi connectivity index (χ0n) is 26.8. The van der Waals surface area contributed by atoms with Gasteiger partial charge in [-0.2, -0.15) is 0 Å². The molecule has 0 saturated carbocycles. The summed E-state index contributed by atoms with van der Waals surface area (Å²) in [4.78, 5) is 30.5. The first kappa shape index (κ1) is 32.6. The molecule has 0 unspecified atom stereocenters. The number of alkyl carbamates (subject to hydrolysis) is 1. The van der Waals surface area contributed by atoms with Gasteiger partial charge in [-0.1, -0.05) is 47.6 Å². The molecule has 0 fully saturated rings. The normalized spacial score (nSPS) is 11.7. The largest absolute Gasteiger partial charge is 0.489 e. The molecule has 0 bridgehead atoms. The summed E-state index contributed by atoms with van der Waals surface area (Å²) in [6, 6.07) is 28.1. The molecule has 5 N–H and O–H groups in total. The summed E-state index contributed by atoms with van der Waals surface area (Å²) in [5.41, 5.74) is 11.2. The second-order valence-corrected chi connectivity index (χ2v) is 12.0. The van der Waals surface area contributed by atoms with Crippen LogP contribution in [0.4, 0.5) is 10.5 Å². The van der Waals surface area contributed by atoms with E-state index in [0.717, 1.165) is 27.8 Å². The van der Waals surface area contributed by atoms with Crippen molar-refractivity contribution in [1.82, 2.24) is 14.9 Å². The van der Waals surface area contributed by atoms with Gasteiger partial charge in [0, 0.05) is 16.8 Å². The van der Waals surface area contributed by atoms with Crippen LogP contribution in [0.5, 0.6) is 5.75 Å². The fourth-order valence-electron chi connectivity index (χ4n) is 5.10. The van der Waals surface area contributed by atoms with Crippen molar-refractivity contribution in [1.29, 1.82) is 0 Å². The van der Waals surface area contributed by atoms with Crippen LogP contribution in [0.25, 0.3) is 16.7 Å². The van der Waals surface area contributed by atoms with Crippen molar-refractivity contribution in [2.75, 3.05) is 5.32 Å². The maximum atomic E-state index is 13.3. The van der Waals surface area contributed by atoms with Crippen LogP contribution in [-0.4, -0.2) is 38.2 Å². The highest BCUT2D eigenvalue weighted by molar-refractivity contribution is 5.98. The van der Waals surface area contributed by atoms with Crippen LogP contribution >= 0.6 is 0 Å². The summed E-state index contributed by atoms with van der Waals surface area (Å²) in [7, 11) is 0. The van der Waals surface area contributed by atoms with E-state index in [1.165, 1.54) is 0 Å². The molecule has 0 spiro atoms.